The van der Waals surface area contributed by atoms with Crippen LogP contribution < -0.4 is 5.73 Å². The number of hydrogen-bond acceptors (Lipinski definition) is 4. The number of alkyl halides is 6. The molecule has 0 unspecified atom stereocenters. The molecular weight excluding hydrogens is 292 g/mol. The van der Waals surface area contributed by atoms with Gasteiger partial charge < -0.3 is 5.73 Å². The first-order chi connectivity index (χ1) is 9.07. The minimum atomic E-state index is -4.87. The van der Waals surface area contributed by atoms with Crippen LogP contribution in [0.15, 0.2) is 18.5 Å². The maximum absolute atomic E-state index is 12.5. The Kier molecular flexibility index (Phi) is 3.07. The molecule has 2 heterocycles. The number of nitrogen functional groups attached to an aromatic ring is 1. The summed E-state index contributed by atoms with van der Waals surface area (Å²) in [6.07, 6.45) is -8.57. The van der Waals surface area contributed by atoms with Gasteiger partial charge in [0.1, 0.15) is 5.82 Å². The van der Waals surface area contributed by atoms with Crippen molar-refractivity contribution in [3.63, 3.8) is 0 Å². The van der Waals surface area contributed by atoms with Gasteiger partial charge in [0.2, 0.25) is 5.82 Å². The Balaban J connectivity index is 2.48. The zero-order chi connectivity index (χ0) is 15.1. The van der Waals surface area contributed by atoms with Crippen molar-refractivity contribution in [1.29, 1.82) is 0 Å². The van der Waals surface area contributed by atoms with Gasteiger partial charge in [-0.2, -0.15) is 31.4 Å². The van der Waals surface area contributed by atoms with Gasteiger partial charge in [-0.3, -0.25) is 0 Å². The van der Waals surface area contributed by atoms with Gasteiger partial charge in [-0.25, -0.2) is 14.6 Å². The maximum Gasteiger partial charge on any atom is 0.451 e. The van der Waals surface area contributed by atoms with Gasteiger partial charge in [0.15, 0.2) is 5.82 Å². The molecule has 20 heavy (non-hydrogen) atoms. The first-order valence-electron chi connectivity index (χ1n) is 4.91. The molecule has 0 aliphatic rings. The number of halogens is 6. The molecule has 0 aliphatic carbocycles. The smallest absolute Gasteiger partial charge is 0.384 e. The summed E-state index contributed by atoms with van der Waals surface area (Å²) in [4.78, 5) is 6.05. The largest absolute Gasteiger partial charge is 0.451 e. The second-order valence-corrected chi connectivity index (χ2v) is 3.64. The number of rotatable bonds is 1. The van der Waals surface area contributed by atoms with Crippen LogP contribution in [-0.4, -0.2) is 19.7 Å². The third kappa shape index (κ3) is 2.81. The Hall–Kier alpha value is -2.33. The molecule has 0 saturated heterocycles. The standard InChI is InChI=1S/C9H5F6N5/c10-8(11,12)4-2-17-20(3-4)6-1-5(16)18-7(19-6)9(13,14)15/h1-3H,(H2,16,18,19). The summed E-state index contributed by atoms with van der Waals surface area (Å²) in [7, 11) is 0. The van der Waals surface area contributed by atoms with Crippen molar-refractivity contribution < 1.29 is 26.3 Å². The molecule has 0 saturated carbocycles. The summed E-state index contributed by atoms with van der Waals surface area (Å²) in [6, 6.07) is 0.877. The Bertz CT molecular complexity index is 628. The van der Waals surface area contributed by atoms with E-state index >= 15 is 0 Å². The molecule has 2 N–H and O–H groups in total. The van der Waals surface area contributed by atoms with Crippen LogP contribution in [0.4, 0.5) is 32.2 Å². The summed E-state index contributed by atoms with van der Waals surface area (Å²) < 4.78 is 75.1. The molecule has 0 radical (unpaired) electrons. The Morgan fingerprint density at radius 3 is 2.15 bits per heavy atom. The molecule has 2 aromatic rings. The fourth-order valence-electron chi connectivity index (χ4n) is 1.29. The molecule has 0 bridgehead atoms. The molecule has 0 spiro atoms. The van der Waals surface area contributed by atoms with Crippen molar-refractivity contribution >= 4 is 5.82 Å². The van der Waals surface area contributed by atoms with E-state index in [9.17, 15) is 26.3 Å². The first kappa shape index (κ1) is 14.1. The molecule has 5 nitrogen and oxygen atoms in total. The third-order valence-electron chi connectivity index (χ3n) is 2.13. The fourth-order valence-corrected chi connectivity index (χ4v) is 1.29. The SMILES string of the molecule is Nc1cc(-n2cc(C(F)(F)F)cn2)nc(C(F)(F)F)n1. The van der Waals surface area contributed by atoms with E-state index in [4.69, 9.17) is 5.73 Å². The molecule has 0 aromatic carbocycles. The van der Waals surface area contributed by atoms with Gasteiger partial charge >= 0.3 is 12.4 Å². The second-order valence-electron chi connectivity index (χ2n) is 3.64. The van der Waals surface area contributed by atoms with E-state index in [1.54, 1.807) is 0 Å². The molecule has 0 atom stereocenters. The van der Waals surface area contributed by atoms with E-state index in [2.05, 4.69) is 15.1 Å². The molecule has 2 aromatic heterocycles. The molecule has 0 fully saturated rings. The molecule has 2 rings (SSSR count). The number of nitrogens with zero attached hydrogens (tertiary/aromatic N) is 4. The van der Waals surface area contributed by atoms with Crippen molar-refractivity contribution in [3.05, 3.63) is 29.8 Å². The first-order valence-corrected chi connectivity index (χ1v) is 4.91. The second kappa shape index (κ2) is 4.35. The van der Waals surface area contributed by atoms with Gasteiger partial charge in [0.25, 0.3) is 0 Å². The summed E-state index contributed by atoms with van der Waals surface area (Å²) >= 11 is 0. The number of anilines is 1. The van der Waals surface area contributed by atoms with Crippen molar-refractivity contribution in [2.75, 3.05) is 5.73 Å². The summed E-state index contributed by atoms with van der Waals surface area (Å²) in [6.45, 7) is 0. The Morgan fingerprint density at radius 2 is 1.65 bits per heavy atom. The van der Waals surface area contributed by atoms with Crippen molar-refractivity contribution in [2.24, 2.45) is 0 Å². The lowest BCUT2D eigenvalue weighted by Crippen LogP contribution is -2.15. The average Bonchev–Trinajstić information content (AvgIpc) is 2.75. The minimum absolute atomic E-state index is 0.464. The topological polar surface area (TPSA) is 69.6 Å². The van der Waals surface area contributed by atoms with Crippen molar-refractivity contribution in [2.45, 2.75) is 12.4 Å². The predicted octanol–water partition coefficient (Wildman–Crippen LogP) is 2.28. The summed E-state index contributed by atoms with van der Waals surface area (Å²) in [5, 5.41) is 3.30. The van der Waals surface area contributed by atoms with E-state index in [1.165, 1.54) is 0 Å². The normalized spacial score (nSPS) is 12.7. The highest BCUT2D eigenvalue weighted by Gasteiger charge is 2.36. The van der Waals surface area contributed by atoms with Crippen LogP contribution in [0, 0.1) is 0 Å². The van der Waals surface area contributed by atoms with E-state index < -0.39 is 35.4 Å². The van der Waals surface area contributed by atoms with Gasteiger partial charge in [-0.05, 0) is 0 Å². The molecule has 0 aliphatic heterocycles. The van der Waals surface area contributed by atoms with Crippen molar-refractivity contribution in [1.82, 2.24) is 19.7 Å². The molecule has 0 amide bonds. The molecule has 108 valence electrons. The lowest BCUT2D eigenvalue weighted by Gasteiger charge is -2.08. The van der Waals surface area contributed by atoms with Crippen molar-refractivity contribution in [3.8, 4) is 5.82 Å². The van der Waals surface area contributed by atoms with Gasteiger partial charge in [0.05, 0.1) is 11.8 Å². The maximum atomic E-state index is 12.5. The monoisotopic (exact) mass is 297 g/mol. The Morgan fingerprint density at radius 1 is 1.00 bits per heavy atom. The van der Waals surface area contributed by atoms with Gasteiger partial charge in [-0.15, -0.1) is 0 Å². The zero-order valence-corrected chi connectivity index (χ0v) is 9.37. The number of hydrogen-bond donors (Lipinski definition) is 1. The quantitative estimate of drug-likeness (QED) is 0.820. The van der Waals surface area contributed by atoms with Crippen LogP contribution in [0.3, 0.4) is 0 Å². The van der Waals surface area contributed by atoms with Crippen LogP contribution in [0.2, 0.25) is 0 Å². The van der Waals surface area contributed by atoms with Crippen LogP contribution in [0.1, 0.15) is 11.4 Å². The number of aromatic nitrogens is 4. The lowest BCUT2D eigenvalue weighted by atomic mass is 10.3. The highest BCUT2D eigenvalue weighted by atomic mass is 19.4. The zero-order valence-electron chi connectivity index (χ0n) is 9.37. The minimum Gasteiger partial charge on any atom is -0.384 e. The van der Waals surface area contributed by atoms with Crippen LogP contribution in [-0.2, 0) is 12.4 Å². The van der Waals surface area contributed by atoms with Crippen LogP contribution in [0.5, 0.6) is 0 Å². The predicted molar refractivity (Wildman–Crippen MR) is 53.6 cm³/mol. The molecule has 11 heteroatoms. The summed E-state index contributed by atoms with van der Waals surface area (Å²) in [5.74, 6) is -2.61. The lowest BCUT2D eigenvalue weighted by molar-refractivity contribution is -0.145. The number of nitrogens with two attached hydrogens (primary N) is 1. The molecular formula is C9H5F6N5. The Labute approximate surface area is 107 Å². The van der Waals surface area contributed by atoms with E-state index in [1.807, 2.05) is 0 Å². The van der Waals surface area contributed by atoms with Crippen LogP contribution in [0.25, 0.3) is 5.82 Å². The third-order valence-corrected chi connectivity index (χ3v) is 2.13. The summed E-state index contributed by atoms with van der Waals surface area (Å²) in [5.41, 5.74) is 4.05. The fraction of sp³-hybridized carbons (Fsp3) is 0.222. The van der Waals surface area contributed by atoms with Gasteiger partial charge in [-0.1, -0.05) is 0 Å². The van der Waals surface area contributed by atoms with E-state index in [-0.39, 0.29) is 0 Å². The van der Waals surface area contributed by atoms with E-state index in [0.717, 1.165) is 6.07 Å². The van der Waals surface area contributed by atoms with Gasteiger partial charge in [0, 0.05) is 12.3 Å². The highest BCUT2D eigenvalue weighted by molar-refractivity contribution is 5.37. The average molecular weight is 297 g/mol. The van der Waals surface area contributed by atoms with Crippen LogP contribution >= 0.6 is 0 Å². The highest BCUT2D eigenvalue weighted by Crippen LogP contribution is 2.30. The van der Waals surface area contributed by atoms with E-state index in [0.29, 0.717) is 17.1 Å².